The van der Waals surface area contributed by atoms with Crippen molar-refractivity contribution in [2.24, 2.45) is 5.92 Å². The minimum atomic E-state index is 0.0801. The molecule has 96 valence electrons. The van der Waals surface area contributed by atoms with Crippen LogP contribution in [0.5, 0.6) is 0 Å². The van der Waals surface area contributed by atoms with Gasteiger partial charge in [0.05, 0.1) is 18.8 Å². The third-order valence-electron chi connectivity index (χ3n) is 3.68. The normalized spacial score (nSPS) is 31.1. The first-order valence-corrected chi connectivity index (χ1v) is 6.39. The van der Waals surface area contributed by atoms with Crippen LogP contribution >= 0.6 is 0 Å². The molecule has 2 bridgehead atoms. The Morgan fingerprint density at radius 1 is 1.28 bits per heavy atom. The van der Waals surface area contributed by atoms with Crippen molar-refractivity contribution in [1.29, 1.82) is 0 Å². The Bertz CT molecular complexity index is 434. The number of hydrogen-bond acceptors (Lipinski definition) is 5. The first-order valence-electron chi connectivity index (χ1n) is 6.39. The summed E-state index contributed by atoms with van der Waals surface area (Å²) in [5, 5.41) is 3.49. The van der Waals surface area contributed by atoms with E-state index in [2.05, 4.69) is 15.3 Å². The number of ether oxygens (including phenoxy) is 1. The zero-order valence-electron chi connectivity index (χ0n) is 10.4. The molecule has 2 fully saturated rings. The van der Waals surface area contributed by atoms with Gasteiger partial charge in [-0.1, -0.05) is 0 Å². The molecule has 2 aliphatic heterocycles. The number of piperidine rings is 1. The number of rotatable bonds is 2. The number of carbonyl (C=O) groups excluding carboxylic acids is 1. The maximum atomic E-state index is 12.4. The second-order valence-corrected chi connectivity index (χ2v) is 5.15. The number of nitrogens with one attached hydrogen (secondary N) is 1. The van der Waals surface area contributed by atoms with Crippen molar-refractivity contribution in [3.63, 3.8) is 0 Å². The van der Waals surface area contributed by atoms with Crippen molar-refractivity contribution in [3.05, 3.63) is 23.8 Å². The van der Waals surface area contributed by atoms with Crippen LogP contribution in [0, 0.1) is 12.8 Å². The molecule has 1 aromatic heterocycles. The summed E-state index contributed by atoms with van der Waals surface area (Å²) in [5.74, 6) is 0.951. The summed E-state index contributed by atoms with van der Waals surface area (Å²) in [6.45, 7) is 3.25. The molecule has 2 atom stereocenters. The van der Waals surface area contributed by atoms with Gasteiger partial charge in [0, 0.05) is 30.4 Å². The summed E-state index contributed by atoms with van der Waals surface area (Å²) in [7, 11) is 0. The van der Waals surface area contributed by atoms with Gasteiger partial charge in [-0.2, -0.15) is 0 Å². The lowest BCUT2D eigenvalue weighted by molar-refractivity contribution is 0.00951. The topological polar surface area (TPSA) is 64.1 Å². The third-order valence-corrected chi connectivity index (χ3v) is 3.68. The molecule has 3 rings (SSSR count). The molecule has 0 aliphatic carbocycles. The van der Waals surface area contributed by atoms with E-state index < -0.39 is 0 Å². The van der Waals surface area contributed by atoms with E-state index in [-0.39, 0.29) is 11.7 Å². The Kier molecular flexibility index (Phi) is 3.09. The monoisotopic (exact) mass is 247 g/mol. The van der Waals surface area contributed by atoms with Crippen molar-refractivity contribution in [1.82, 2.24) is 15.3 Å². The molecule has 0 saturated carbocycles. The molecule has 3 heterocycles. The van der Waals surface area contributed by atoms with Gasteiger partial charge in [0.2, 0.25) is 0 Å². The van der Waals surface area contributed by atoms with Gasteiger partial charge in [-0.25, -0.2) is 9.97 Å². The van der Waals surface area contributed by atoms with Gasteiger partial charge in [-0.15, -0.1) is 0 Å². The summed E-state index contributed by atoms with van der Waals surface area (Å²) < 4.78 is 5.49. The number of nitrogens with zero attached hydrogens (tertiary/aromatic N) is 2. The molecule has 1 aromatic rings. The average Bonchev–Trinajstić information content (AvgIpc) is 2.38. The summed E-state index contributed by atoms with van der Waals surface area (Å²) in [5.41, 5.74) is 0.631. The molecule has 0 spiro atoms. The molecular weight excluding hydrogens is 230 g/mol. The van der Waals surface area contributed by atoms with Crippen LogP contribution in [0.2, 0.25) is 0 Å². The van der Waals surface area contributed by atoms with Gasteiger partial charge >= 0.3 is 0 Å². The zero-order valence-corrected chi connectivity index (χ0v) is 10.4. The van der Waals surface area contributed by atoms with E-state index in [0.717, 1.165) is 12.8 Å². The summed E-state index contributed by atoms with van der Waals surface area (Å²) in [6.07, 6.45) is 4.98. The number of morpholine rings is 1. The molecule has 0 radical (unpaired) electrons. The maximum absolute atomic E-state index is 12.4. The van der Waals surface area contributed by atoms with Crippen LogP contribution in [0.25, 0.3) is 0 Å². The molecule has 1 N–H and O–H groups in total. The Labute approximate surface area is 106 Å². The fraction of sp³-hybridized carbons (Fsp3) is 0.615. The average molecular weight is 247 g/mol. The van der Waals surface area contributed by atoms with E-state index in [1.807, 2.05) is 6.92 Å². The maximum Gasteiger partial charge on any atom is 0.169 e. The minimum Gasteiger partial charge on any atom is -0.378 e. The van der Waals surface area contributed by atoms with Gasteiger partial charge < -0.3 is 10.1 Å². The highest BCUT2D eigenvalue weighted by Crippen LogP contribution is 2.26. The quantitative estimate of drug-likeness (QED) is 0.781. The van der Waals surface area contributed by atoms with Gasteiger partial charge in [0.1, 0.15) is 5.82 Å². The summed E-state index contributed by atoms with van der Waals surface area (Å²) in [6, 6.07) is 0.635. The Hall–Kier alpha value is -1.33. The Morgan fingerprint density at radius 2 is 1.89 bits per heavy atom. The smallest absolute Gasteiger partial charge is 0.169 e. The number of hydrogen-bond donors (Lipinski definition) is 1. The second-order valence-electron chi connectivity index (χ2n) is 5.15. The lowest BCUT2D eigenvalue weighted by atomic mass is 9.82. The van der Waals surface area contributed by atoms with E-state index in [9.17, 15) is 4.79 Å². The lowest BCUT2D eigenvalue weighted by Gasteiger charge is -2.39. The predicted molar refractivity (Wildman–Crippen MR) is 65.4 cm³/mol. The second kappa shape index (κ2) is 4.74. The van der Waals surface area contributed by atoms with Crippen LogP contribution < -0.4 is 5.32 Å². The first kappa shape index (κ1) is 11.7. The summed E-state index contributed by atoms with van der Waals surface area (Å²) in [4.78, 5) is 20.6. The Balaban J connectivity index is 1.74. The van der Waals surface area contributed by atoms with Crippen molar-refractivity contribution in [2.45, 2.75) is 31.8 Å². The predicted octanol–water partition coefficient (Wildman–Crippen LogP) is 0.735. The number of carbonyl (C=O) groups is 1. The van der Waals surface area contributed by atoms with Gasteiger partial charge in [0.25, 0.3) is 0 Å². The van der Waals surface area contributed by atoms with Crippen molar-refractivity contribution in [2.75, 3.05) is 13.2 Å². The van der Waals surface area contributed by atoms with Crippen LogP contribution in [0.3, 0.4) is 0 Å². The molecular formula is C13H17N3O2. The fourth-order valence-corrected chi connectivity index (χ4v) is 2.81. The lowest BCUT2D eigenvalue weighted by Crippen LogP contribution is -2.55. The van der Waals surface area contributed by atoms with E-state index in [1.165, 1.54) is 0 Å². The number of ketones is 1. The highest BCUT2D eigenvalue weighted by atomic mass is 16.5. The number of aromatic nitrogens is 2. The molecule has 18 heavy (non-hydrogen) atoms. The number of Topliss-reactive ketones (excluding diaryl/α,β-unsaturated/α-hetero) is 1. The fourth-order valence-electron chi connectivity index (χ4n) is 2.81. The van der Waals surface area contributed by atoms with Crippen molar-refractivity contribution in [3.8, 4) is 0 Å². The molecule has 2 aliphatic rings. The van der Waals surface area contributed by atoms with E-state index in [4.69, 9.17) is 4.74 Å². The first-order chi connectivity index (χ1) is 8.72. The number of aryl methyl sites for hydroxylation is 1. The molecule has 5 heteroatoms. The standard InChI is InChI=1S/C13H17N3O2/c1-8-14-4-10(5-15-8)13(17)9-2-11-6-18-7-12(3-9)16-11/h4-5,9,11-12,16H,2-3,6-7H2,1H3. The summed E-state index contributed by atoms with van der Waals surface area (Å²) >= 11 is 0. The Morgan fingerprint density at radius 3 is 2.50 bits per heavy atom. The molecule has 0 amide bonds. The molecule has 2 unspecified atom stereocenters. The molecule has 0 aromatic carbocycles. The van der Waals surface area contributed by atoms with Gasteiger partial charge in [-0.05, 0) is 19.8 Å². The molecule has 5 nitrogen and oxygen atoms in total. The van der Waals surface area contributed by atoms with Crippen molar-refractivity contribution >= 4 is 5.78 Å². The van der Waals surface area contributed by atoms with Crippen LogP contribution in [-0.4, -0.2) is 41.0 Å². The van der Waals surface area contributed by atoms with Crippen LogP contribution in [-0.2, 0) is 4.74 Å². The zero-order chi connectivity index (χ0) is 12.5. The van der Waals surface area contributed by atoms with E-state index >= 15 is 0 Å². The van der Waals surface area contributed by atoms with Gasteiger partial charge in [0.15, 0.2) is 5.78 Å². The molecule has 2 saturated heterocycles. The van der Waals surface area contributed by atoms with E-state index in [1.54, 1.807) is 12.4 Å². The SMILES string of the molecule is Cc1ncc(C(=O)C2CC3COCC(C2)N3)cn1. The third kappa shape index (κ3) is 2.28. The minimum absolute atomic E-state index is 0.0801. The van der Waals surface area contributed by atoms with Crippen LogP contribution in [0.1, 0.15) is 29.0 Å². The highest BCUT2D eigenvalue weighted by Gasteiger charge is 2.35. The van der Waals surface area contributed by atoms with E-state index in [0.29, 0.717) is 36.7 Å². The largest absolute Gasteiger partial charge is 0.378 e. The van der Waals surface area contributed by atoms with Crippen LogP contribution in [0.15, 0.2) is 12.4 Å². The van der Waals surface area contributed by atoms with Crippen LogP contribution in [0.4, 0.5) is 0 Å². The van der Waals surface area contributed by atoms with Crippen molar-refractivity contribution < 1.29 is 9.53 Å². The highest BCUT2D eigenvalue weighted by molar-refractivity contribution is 5.97. The number of fused-ring (bicyclic) bond motifs is 2. The van der Waals surface area contributed by atoms with Gasteiger partial charge in [-0.3, -0.25) is 4.79 Å².